The zero-order chi connectivity index (χ0) is 14.7. The van der Waals surface area contributed by atoms with Crippen LogP contribution in [0.25, 0.3) is 0 Å². The van der Waals surface area contributed by atoms with Crippen LogP contribution in [0.3, 0.4) is 0 Å². The van der Waals surface area contributed by atoms with Crippen LogP contribution in [-0.2, 0) is 11.3 Å². The van der Waals surface area contributed by atoms with Crippen molar-refractivity contribution in [3.8, 4) is 0 Å². The van der Waals surface area contributed by atoms with Gasteiger partial charge in [0.05, 0.1) is 19.4 Å². The Kier molecular flexibility index (Phi) is 4.67. The number of furan rings is 1. The highest BCUT2D eigenvalue weighted by Crippen LogP contribution is 2.40. The van der Waals surface area contributed by atoms with Gasteiger partial charge < -0.3 is 9.15 Å². The van der Waals surface area contributed by atoms with Gasteiger partial charge in [0, 0.05) is 31.3 Å². The predicted molar refractivity (Wildman–Crippen MR) is 83.2 cm³/mol. The van der Waals surface area contributed by atoms with Gasteiger partial charge in [-0.05, 0) is 51.8 Å². The second-order valence-corrected chi connectivity index (χ2v) is 6.54. The van der Waals surface area contributed by atoms with Gasteiger partial charge in [-0.1, -0.05) is 0 Å². The molecule has 3 rings (SSSR count). The Labute approximate surface area is 128 Å². The van der Waals surface area contributed by atoms with Gasteiger partial charge in [0.1, 0.15) is 5.76 Å². The van der Waals surface area contributed by atoms with E-state index in [0.29, 0.717) is 11.6 Å². The molecule has 4 heteroatoms. The summed E-state index contributed by atoms with van der Waals surface area (Å²) >= 11 is 0. The molecule has 0 aromatic carbocycles. The molecule has 0 amide bonds. The first-order valence-electron chi connectivity index (χ1n) is 8.29. The van der Waals surface area contributed by atoms with Gasteiger partial charge >= 0.3 is 0 Å². The summed E-state index contributed by atoms with van der Waals surface area (Å²) < 4.78 is 11.1. The molecule has 2 fully saturated rings. The van der Waals surface area contributed by atoms with Crippen LogP contribution >= 0.6 is 0 Å². The van der Waals surface area contributed by atoms with E-state index in [0.717, 1.165) is 25.5 Å². The molecule has 118 valence electrons. The molecule has 0 aliphatic carbocycles. The van der Waals surface area contributed by atoms with Crippen LogP contribution < -0.4 is 0 Å². The maximum atomic E-state index is 5.65. The van der Waals surface area contributed by atoms with Gasteiger partial charge in [-0.15, -0.1) is 0 Å². The summed E-state index contributed by atoms with van der Waals surface area (Å²) in [6.07, 6.45) is 6.92. The molecule has 0 unspecified atom stereocenters. The summed E-state index contributed by atoms with van der Waals surface area (Å²) in [6.45, 7) is 7.10. The van der Waals surface area contributed by atoms with E-state index in [2.05, 4.69) is 29.8 Å². The summed E-state index contributed by atoms with van der Waals surface area (Å²) in [6, 6.07) is 4.66. The normalized spacial score (nSPS) is 26.7. The smallest absolute Gasteiger partial charge is 0.117 e. The van der Waals surface area contributed by atoms with Gasteiger partial charge in [-0.25, -0.2) is 0 Å². The Balaban J connectivity index is 1.52. The highest BCUT2D eigenvalue weighted by molar-refractivity contribution is 5.03. The van der Waals surface area contributed by atoms with Crippen molar-refractivity contribution in [2.45, 2.75) is 50.7 Å². The third kappa shape index (κ3) is 3.17. The van der Waals surface area contributed by atoms with Gasteiger partial charge in [0.2, 0.25) is 0 Å². The fourth-order valence-corrected chi connectivity index (χ4v) is 3.99. The van der Waals surface area contributed by atoms with Gasteiger partial charge in [-0.2, -0.15) is 0 Å². The monoisotopic (exact) mass is 292 g/mol. The first-order valence-corrected chi connectivity index (χ1v) is 8.29. The molecule has 4 nitrogen and oxygen atoms in total. The van der Waals surface area contributed by atoms with E-state index in [-0.39, 0.29) is 0 Å². The van der Waals surface area contributed by atoms with Crippen molar-refractivity contribution in [2.75, 3.05) is 33.4 Å². The molecular weight excluding hydrogens is 264 g/mol. The lowest BCUT2D eigenvalue weighted by atomic mass is 9.85. The van der Waals surface area contributed by atoms with E-state index >= 15 is 0 Å². The quantitative estimate of drug-likeness (QED) is 0.834. The Morgan fingerprint density at radius 3 is 2.81 bits per heavy atom. The van der Waals surface area contributed by atoms with Gasteiger partial charge in [0.25, 0.3) is 0 Å². The van der Waals surface area contributed by atoms with Crippen LogP contribution in [0, 0.1) is 0 Å². The molecule has 2 aliphatic rings. The second kappa shape index (κ2) is 6.51. The molecule has 2 aliphatic heterocycles. The lowest BCUT2D eigenvalue weighted by molar-refractivity contribution is 0.0193. The Morgan fingerprint density at radius 2 is 2.14 bits per heavy atom. The summed E-state index contributed by atoms with van der Waals surface area (Å²) in [4.78, 5) is 5.14. The fourth-order valence-electron chi connectivity index (χ4n) is 3.99. The lowest BCUT2D eigenvalue weighted by Gasteiger charge is -2.45. The second-order valence-electron chi connectivity index (χ2n) is 6.54. The maximum Gasteiger partial charge on any atom is 0.117 e. The highest BCUT2D eigenvalue weighted by atomic mass is 16.5. The van der Waals surface area contributed by atoms with E-state index in [1.165, 1.54) is 38.8 Å². The number of likely N-dealkylation sites (tertiary alicyclic amines) is 2. The third-order valence-electron chi connectivity index (χ3n) is 5.50. The van der Waals surface area contributed by atoms with Crippen molar-refractivity contribution in [1.82, 2.24) is 9.80 Å². The maximum absolute atomic E-state index is 5.65. The third-order valence-corrected chi connectivity index (χ3v) is 5.50. The largest absolute Gasteiger partial charge is 0.468 e. The van der Waals surface area contributed by atoms with Crippen molar-refractivity contribution < 1.29 is 9.15 Å². The summed E-state index contributed by atoms with van der Waals surface area (Å²) in [7, 11) is 2.30. The minimum atomic E-state index is 0.418. The summed E-state index contributed by atoms with van der Waals surface area (Å²) in [5.74, 6) is 1.08. The van der Waals surface area contributed by atoms with Crippen LogP contribution in [0.15, 0.2) is 22.8 Å². The first kappa shape index (κ1) is 15.1. The minimum absolute atomic E-state index is 0.418. The molecule has 1 atom stereocenters. The lowest BCUT2D eigenvalue weighted by Crippen LogP contribution is -2.52. The Morgan fingerprint density at radius 1 is 1.33 bits per heavy atom. The zero-order valence-electron chi connectivity index (χ0n) is 13.4. The van der Waals surface area contributed by atoms with Crippen LogP contribution in [-0.4, -0.2) is 54.7 Å². The first-order chi connectivity index (χ1) is 10.2. The Bertz CT molecular complexity index is 424. The highest BCUT2D eigenvalue weighted by Gasteiger charge is 2.45. The molecule has 2 saturated heterocycles. The molecule has 0 N–H and O–H groups in total. The van der Waals surface area contributed by atoms with Crippen molar-refractivity contribution in [1.29, 1.82) is 0 Å². The molecule has 1 aromatic rings. The SMILES string of the molecule is CCOC[C@@H]1CCC2(CCN(Cc3ccco3)CC2)N1C. The van der Waals surface area contributed by atoms with E-state index in [1.54, 1.807) is 6.26 Å². The van der Waals surface area contributed by atoms with Gasteiger partial charge in [0.15, 0.2) is 0 Å². The number of hydrogen-bond acceptors (Lipinski definition) is 4. The minimum Gasteiger partial charge on any atom is -0.468 e. The van der Waals surface area contributed by atoms with Crippen LogP contribution in [0.4, 0.5) is 0 Å². The van der Waals surface area contributed by atoms with Crippen LogP contribution in [0.5, 0.6) is 0 Å². The molecule has 1 spiro atoms. The molecule has 0 radical (unpaired) electrons. The van der Waals surface area contributed by atoms with E-state index < -0.39 is 0 Å². The topological polar surface area (TPSA) is 28.9 Å². The molecular formula is C17H28N2O2. The zero-order valence-corrected chi connectivity index (χ0v) is 13.4. The predicted octanol–water partition coefficient (Wildman–Crippen LogP) is 2.74. The standard InChI is InChI=1S/C17H28N2O2/c1-3-20-14-15-6-7-17(18(15)2)8-10-19(11-9-17)13-16-5-4-12-21-16/h4-5,12,15H,3,6-11,13-14H2,1-2H3/t15-/m0/s1. The number of nitrogens with zero attached hydrogens (tertiary/aromatic N) is 2. The Hall–Kier alpha value is -0.840. The van der Waals surface area contributed by atoms with Crippen molar-refractivity contribution in [3.63, 3.8) is 0 Å². The number of hydrogen-bond donors (Lipinski definition) is 0. The molecule has 21 heavy (non-hydrogen) atoms. The summed E-state index contributed by atoms with van der Waals surface area (Å²) in [5.41, 5.74) is 0.418. The van der Waals surface area contributed by atoms with Crippen LogP contribution in [0.2, 0.25) is 0 Å². The number of ether oxygens (including phenoxy) is 1. The molecule has 1 aromatic heterocycles. The molecule has 3 heterocycles. The van der Waals surface area contributed by atoms with E-state index in [1.807, 2.05) is 6.07 Å². The summed E-state index contributed by atoms with van der Waals surface area (Å²) in [5, 5.41) is 0. The van der Waals surface area contributed by atoms with Crippen molar-refractivity contribution in [2.24, 2.45) is 0 Å². The molecule has 0 saturated carbocycles. The molecule has 0 bridgehead atoms. The average molecular weight is 292 g/mol. The number of rotatable bonds is 5. The average Bonchev–Trinajstić information content (AvgIpc) is 3.11. The van der Waals surface area contributed by atoms with Crippen molar-refractivity contribution in [3.05, 3.63) is 24.2 Å². The van der Waals surface area contributed by atoms with E-state index in [9.17, 15) is 0 Å². The van der Waals surface area contributed by atoms with Crippen molar-refractivity contribution >= 4 is 0 Å². The number of likely N-dealkylation sites (N-methyl/N-ethyl adjacent to an activating group) is 1. The van der Waals surface area contributed by atoms with Gasteiger partial charge in [-0.3, -0.25) is 9.80 Å². The fraction of sp³-hybridized carbons (Fsp3) is 0.765. The van der Waals surface area contributed by atoms with Crippen LogP contribution in [0.1, 0.15) is 38.4 Å². The number of piperidine rings is 1. The van der Waals surface area contributed by atoms with E-state index in [4.69, 9.17) is 9.15 Å².